The molecule has 2 N–H and O–H groups in total. The van der Waals surface area contributed by atoms with Crippen LogP contribution in [0.4, 0.5) is 0 Å². The van der Waals surface area contributed by atoms with E-state index in [0.717, 1.165) is 42.0 Å². The van der Waals surface area contributed by atoms with Gasteiger partial charge in [0.1, 0.15) is 12.7 Å². The number of amides is 1. The van der Waals surface area contributed by atoms with Crippen molar-refractivity contribution in [3.8, 4) is 11.5 Å². The lowest BCUT2D eigenvalue weighted by Gasteiger charge is -2.26. The predicted octanol–water partition coefficient (Wildman–Crippen LogP) is 1.86. The smallest absolute Gasteiger partial charge is 0.272 e. The minimum atomic E-state index is -0.110. The van der Waals surface area contributed by atoms with Gasteiger partial charge in [0, 0.05) is 24.2 Å². The number of benzene rings is 1. The predicted molar refractivity (Wildman–Crippen MR) is 83.9 cm³/mol. The maximum Gasteiger partial charge on any atom is 0.272 e. The molecule has 120 valence electrons. The molecule has 6 heteroatoms. The van der Waals surface area contributed by atoms with Crippen molar-refractivity contribution in [3.63, 3.8) is 0 Å². The normalized spacial score (nSPS) is 18.5. The Kier molecular flexibility index (Phi) is 3.65. The number of carbonyl (C=O) groups is 1. The number of fused-ring (bicyclic) bond motifs is 2. The third-order valence-electron chi connectivity index (χ3n) is 4.34. The molecule has 2 aliphatic rings. The van der Waals surface area contributed by atoms with Gasteiger partial charge in [-0.15, -0.1) is 0 Å². The van der Waals surface area contributed by atoms with Crippen LogP contribution in [-0.2, 0) is 12.8 Å². The van der Waals surface area contributed by atoms with Crippen molar-refractivity contribution in [3.05, 3.63) is 41.2 Å². The highest BCUT2D eigenvalue weighted by Crippen LogP contribution is 2.31. The maximum atomic E-state index is 12.2. The Morgan fingerprint density at radius 1 is 1.30 bits per heavy atom. The number of hydrogen-bond acceptors (Lipinski definition) is 4. The summed E-state index contributed by atoms with van der Waals surface area (Å²) in [6.45, 7) is 1.04. The summed E-state index contributed by atoms with van der Waals surface area (Å²) in [5.41, 5.74) is 2.73. The second-order valence-electron chi connectivity index (χ2n) is 5.93. The second-order valence-corrected chi connectivity index (χ2v) is 5.93. The van der Waals surface area contributed by atoms with Gasteiger partial charge in [-0.1, -0.05) is 12.1 Å². The molecule has 4 rings (SSSR count). The van der Waals surface area contributed by atoms with Crippen LogP contribution in [0.15, 0.2) is 24.3 Å². The number of aryl methyl sites for hydroxylation is 1. The van der Waals surface area contributed by atoms with Crippen LogP contribution in [0.3, 0.4) is 0 Å². The van der Waals surface area contributed by atoms with Crippen molar-refractivity contribution in [1.29, 1.82) is 0 Å². The van der Waals surface area contributed by atoms with Crippen molar-refractivity contribution < 1.29 is 14.3 Å². The van der Waals surface area contributed by atoms with E-state index in [-0.39, 0.29) is 12.0 Å². The molecule has 23 heavy (non-hydrogen) atoms. The van der Waals surface area contributed by atoms with E-state index in [2.05, 4.69) is 15.5 Å². The van der Waals surface area contributed by atoms with E-state index < -0.39 is 0 Å². The van der Waals surface area contributed by atoms with Crippen LogP contribution in [0.2, 0.25) is 0 Å². The van der Waals surface area contributed by atoms with E-state index in [1.165, 1.54) is 0 Å². The average Bonchev–Trinajstić information content (AvgIpc) is 3.18. The highest BCUT2D eigenvalue weighted by atomic mass is 16.6. The van der Waals surface area contributed by atoms with Crippen LogP contribution >= 0.6 is 0 Å². The zero-order chi connectivity index (χ0) is 15.6. The fourth-order valence-corrected chi connectivity index (χ4v) is 3.14. The van der Waals surface area contributed by atoms with Crippen LogP contribution in [0.25, 0.3) is 0 Å². The summed E-state index contributed by atoms with van der Waals surface area (Å²) in [5.74, 6) is 1.43. The lowest BCUT2D eigenvalue weighted by molar-refractivity contribution is 0.0811. The zero-order valence-electron chi connectivity index (χ0n) is 12.8. The van der Waals surface area contributed by atoms with Gasteiger partial charge in [-0.2, -0.15) is 5.10 Å². The third-order valence-corrected chi connectivity index (χ3v) is 4.34. The van der Waals surface area contributed by atoms with Gasteiger partial charge in [0.2, 0.25) is 0 Å². The Balaban J connectivity index is 1.30. The molecule has 6 nitrogen and oxygen atoms in total. The lowest BCUT2D eigenvalue weighted by atomic mass is 10.2. The molecule has 0 bridgehead atoms. The number of hydrogen-bond donors (Lipinski definition) is 2. The lowest BCUT2D eigenvalue weighted by Crippen LogP contribution is -2.34. The molecule has 0 saturated heterocycles. The molecule has 1 unspecified atom stereocenters. The topological polar surface area (TPSA) is 76.2 Å². The van der Waals surface area contributed by atoms with Crippen molar-refractivity contribution in [2.24, 2.45) is 0 Å². The van der Waals surface area contributed by atoms with Crippen LogP contribution < -0.4 is 14.8 Å². The summed E-state index contributed by atoms with van der Waals surface area (Å²) in [6, 6.07) is 7.63. The molecule has 1 aromatic carbocycles. The fraction of sp³-hybridized carbons (Fsp3) is 0.412. The number of para-hydroxylation sites is 2. The highest BCUT2D eigenvalue weighted by Gasteiger charge is 2.24. The number of carbonyl (C=O) groups excluding carboxylic acids is 1. The van der Waals surface area contributed by atoms with Gasteiger partial charge < -0.3 is 14.8 Å². The number of aromatic nitrogens is 2. The van der Waals surface area contributed by atoms with Crippen LogP contribution in [0.1, 0.15) is 34.6 Å². The Labute approximate surface area is 134 Å². The number of H-pyrrole nitrogens is 1. The Morgan fingerprint density at radius 2 is 2.17 bits per heavy atom. The molecular formula is C17H19N3O3. The first-order valence-electron chi connectivity index (χ1n) is 8.04. The number of ether oxygens (including phenoxy) is 2. The Bertz CT molecular complexity index is 726. The fourth-order valence-electron chi connectivity index (χ4n) is 3.14. The van der Waals surface area contributed by atoms with E-state index >= 15 is 0 Å². The standard InChI is InChI=1S/C17H19N3O3/c21-17(16-12-4-3-5-13(12)19-20-16)18-9-8-11-10-22-14-6-1-2-7-15(14)23-11/h1-2,6-7,11H,3-5,8-10H2,(H,18,21)(H,19,20). The first-order chi connectivity index (χ1) is 11.3. The van der Waals surface area contributed by atoms with Gasteiger partial charge in [0.15, 0.2) is 17.2 Å². The summed E-state index contributed by atoms with van der Waals surface area (Å²) < 4.78 is 11.6. The molecule has 0 fully saturated rings. The molecular weight excluding hydrogens is 294 g/mol. The van der Waals surface area contributed by atoms with Gasteiger partial charge in [0.05, 0.1) is 0 Å². The van der Waals surface area contributed by atoms with Gasteiger partial charge in [-0.3, -0.25) is 9.89 Å². The first-order valence-corrected chi connectivity index (χ1v) is 8.04. The van der Waals surface area contributed by atoms with Crippen molar-refractivity contribution >= 4 is 5.91 Å². The van der Waals surface area contributed by atoms with E-state index in [1.807, 2.05) is 24.3 Å². The molecule has 1 aliphatic carbocycles. The first kappa shape index (κ1) is 14.1. The molecule has 2 aromatic rings. The van der Waals surface area contributed by atoms with Gasteiger partial charge in [0.25, 0.3) is 5.91 Å². The summed E-state index contributed by atoms with van der Waals surface area (Å²) in [7, 11) is 0. The molecule has 1 aliphatic heterocycles. The molecule has 0 spiro atoms. The van der Waals surface area contributed by atoms with Crippen molar-refractivity contribution in [2.75, 3.05) is 13.2 Å². The van der Waals surface area contributed by atoms with E-state index in [0.29, 0.717) is 25.3 Å². The number of nitrogens with zero attached hydrogens (tertiary/aromatic N) is 1. The van der Waals surface area contributed by atoms with Crippen molar-refractivity contribution in [2.45, 2.75) is 31.8 Å². The van der Waals surface area contributed by atoms with Crippen LogP contribution in [0.5, 0.6) is 11.5 Å². The molecule has 1 amide bonds. The molecule has 0 radical (unpaired) electrons. The Morgan fingerprint density at radius 3 is 3.09 bits per heavy atom. The monoisotopic (exact) mass is 313 g/mol. The zero-order valence-corrected chi connectivity index (χ0v) is 12.8. The molecule has 2 heterocycles. The average molecular weight is 313 g/mol. The summed E-state index contributed by atoms with van der Waals surface area (Å²) >= 11 is 0. The minimum Gasteiger partial charge on any atom is -0.486 e. The second kappa shape index (κ2) is 5.95. The number of nitrogens with one attached hydrogen (secondary N) is 2. The van der Waals surface area contributed by atoms with Crippen molar-refractivity contribution in [1.82, 2.24) is 15.5 Å². The van der Waals surface area contributed by atoms with Gasteiger partial charge >= 0.3 is 0 Å². The SMILES string of the molecule is O=C(NCCC1COc2ccccc2O1)c1n[nH]c2c1CCC2. The maximum absolute atomic E-state index is 12.2. The van der Waals surface area contributed by atoms with Gasteiger partial charge in [-0.05, 0) is 31.4 Å². The molecule has 0 saturated carbocycles. The summed E-state index contributed by atoms with van der Waals surface area (Å²) in [5, 5.41) is 10.0. The molecule has 1 aromatic heterocycles. The number of rotatable bonds is 4. The van der Waals surface area contributed by atoms with E-state index in [9.17, 15) is 4.79 Å². The quantitative estimate of drug-likeness (QED) is 0.903. The van der Waals surface area contributed by atoms with Crippen LogP contribution in [0, 0.1) is 0 Å². The third kappa shape index (κ3) is 2.76. The van der Waals surface area contributed by atoms with E-state index in [4.69, 9.17) is 9.47 Å². The number of aromatic amines is 1. The van der Waals surface area contributed by atoms with E-state index in [1.54, 1.807) is 0 Å². The highest BCUT2D eigenvalue weighted by molar-refractivity contribution is 5.94. The Hall–Kier alpha value is -2.50. The summed E-state index contributed by atoms with van der Waals surface area (Å²) in [4.78, 5) is 12.2. The molecule has 1 atom stereocenters. The summed E-state index contributed by atoms with van der Waals surface area (Å²) in [6.07, 6.45) is 3.67. The van der Waals surface area contributed by atoms with Gasteiger partial charge in [-0.25, -0.2) is 0 Å². The van der Waals surface area contributed by atoms with Crippen LogP contribution in [-0.4, -0.2) is 35.4 Å². The minimum absolute atomic E-state index is 0.0462. The largest absolute Gasteiger partial charge is 0.486 e.